The van der Waals surface area contributed by atoms with E-state index in [2.05, 4.69) is 0 Å². The van der Waals surface area contributed by atoms with E-state index in [0.29, 0.717) is 32.5 Å². The maximum atomic E-state index is 12.6. The van der Waals surface area contributed by atoms with Gasteiger partial charge in [-0.25, -0.2) is 0 Å². The molecule has 1 aromatic rings. The molecule has 0 saturated carbocycles. The van der Waals surface area contributed by atoms with Crippen molar-refractivity contribution in [1.82, 2.24) is 4.90 Å². The molecule has 2 aliphatic heterocycles. The summed E-state index contributed by atoms with van der Waals surface area (Å²) < 4.78 is 5.08. The largest absolute Gasteiger partial charge is 0.466 e. The molecule has 6 heteroatoms. The first kappa shape index (κ1) is 17.5. The molecule has 3 rings (SSSR count). The Kier molecular flexibility index (Phi) is 5.06. The average molecular weight is 344 g/mol. The van der Waals surface area contributed by atoms with Crippen LogP contribution in [0.3, 0.4) is 0 Å². The van der Waals surface area contributed by atoms with E-state index in [9.17, 15) is 14.4 Å². The number of likely N-dealkylation sites (tertiary alicyclic amines) is 1. The van der Waals surface area contributed by atoms with Crippen molar-refractivity contribution >= 4 is 23.5 Å². The van der Waals surface area contributed by atoms with Crippen LogP contribution in [0.5, 0.6) is 0 Å². The Labute approximate surface area is 147 Å². The molecule has 1 fully saturated rings. The van der Waals surface area contributed by atoms with Gasteiger partial charge in [0.05, 0.1) is 25.4 Å². The molecule has 0 bridgehead atoms. The Hall–Kier alpha value is -2.37. The molecule has 2 amide bonds. The highest BCUT2D eigenvalue weighted by Crippen LogP contribution is 2.28. The summed E-state index contributed by atoms with van der Waals surface area (Å²) in [5.41, 5.74) is 2.80. The van der Waals surface area contributed by atoms with Crippen LogP contribution in [0.15, 0.2) is 18.2 Å². The fourth-order valence-corrected chi connectivity index (χ4v) is 3.58. The number of carbonyl (C=O) groups excluding carboxylic acids is 3. The van der Waals surface area contributed by atoms with Crippen LogP contribution in [0, 0.1) is 5.92 Å². The molecule has 0 N–H and O–H groups in total. The third-order valence-electron chi connectivity index (χ3n) is 4.97. The smallest absolute Gasteiger partial charge is 0.310 e. The Morgan fingerprint density at radius 3 is 2.88 bits per heavy atom. The lowest BCUT2D eigenvalue weighted by molar-refractivity contribution is -0.151. The molecule has 0 spiro atoms. The van der Waals surface area contributed by atoms with Crippen LogP contribution in [-0.2, 0) is 32.0 Å². The number of benzene rings is 1. The number of hydrogen-bond acceptors (Lipinski definition) is 4. The molecule has 134 valence electrons. The molecule has 25 heavy (non-hydrogen) atoms. The summed E-state index contributed by atoms with van der Waals surface area (Å²) in [6, 6.07) is 5.75. The van der Waals surface area contributed by atoms with Crippen LogP contribution in [-0.4, -0.2) is 49.4 Å². The summed E-state index contributed by atoms with van der Waals surface area (Å²) in [6.45, 7) is 3.27. The van der Waals surface area contributed by atoms with Crippen LogP contribution in [0.1, 0.15) is 30.9 Å². The van der Waals surface area contributed by atoms with Gasteiger partial charge >= 0.3 is 5.97 Å². The van der Waals surface area contributed by atoms with Gasteiger partial charge in [0.1, 0.15) is 0 Å². The van der Waals surface area contributed by atoms with Crippen molar-refractivity contribution in [3.63, 3.8) is 0 Å². The van der Waals surface area contributed by atoms with Gasteiger partial charge in [0.15, 0.2) is 0 Å². The van der Waals surface area contributed by atoms with Gasteiger partial charge in [-0.2, -0.15) is 0 Å². The van der Waals surface area contributed by atoms with Gasteiger partial charge in [-0.3, -0.25) is 14.4 Å². The zero-order chi connectivity index (χ0) is 18.0. The van der Waals surface area contributed by atoms with Crippen molar-refractivity contribution in [3.05, 3.63) is 29.3 Å². The number of fused-ring (bicyclic) bond motifs is 1. The van der Waals surface area contributed by atoms with Crippen molar-refractivity contribution in [1.29, 1.82) is 0 Å². The molecule has 1 aromatic carbocycles. The second kappa shape index (κ2) is 7.25. The highest BCUT2D eigenvalue weighted by molar-refractivity contribution is 6.01. The number of likely N-dealkylation sites (N-methyl/N-ethyl adjacent to an activating group) is 1. The normalized spacial score (nSPS) is 19.8. The Morgan fingerprint density at radius 1 is 1.32 bits per heavy atom. The number of amides is 2. The van der Waals surface area contributed by atoms with Crippen LogP contribution < -0.4 is 4.90 Å². The number of nitrogens with zero attached hydrogens (tertiary/aromatic N) is 2. The fraction of sp³-hybridized carbons (Fsp3) is 0.526. The van der Waals surface area contributed by atoms with E-state index in [1.54, 1.807) is 23.8 Å². The lowest BCUT2D eigenvalue weighted by Crippen LogP contribution is -2.43. The maximum Gasteiger partial charge on any atom is 0.310 e. The summed E-state index contributed by atoms with van der Waals surface area (Å²) >= 11 is 0. The predicted octanol–water partition coefficient (Wildman–Crippen LogP) is 1.55. The molecule has 0 aromatic heterocycles. The highest BCUT2D eigenvalue weighted by atomic mass is 16.5. The zero-order valence-corrected chi connectivity index (χ0v) is 14.8. The third kappa shape index (κ3) is 3.67. The number of ether oxygens (including phenoxy) is 1. The molecule has 1 atom stereocenters. The first-order chi connectivity index (χ1) is 12.0. The van der Waals surface area contributed by atoms with Crippen molar-refractivity contribution in [2.45, 2.75) is 32.6 Å². The minimum Gasteiger partial charge on any atom is -0.466 e. The lowest BCUT2D eigenvalue weighted by Gasteiger charge is -2.31. The van der Waals surface area contributed by atoms with Crippen LogP contribution >= 0.6 is 0 Å². The topological polar surface area (TPSA) is 66.9 Å². The first-order valence-corrected chi connectivity index (χ1v) is 8.82. The van der Waals surface area contributed by atoms with Gasteiger partial charge in [-0.1, -0.05) is 12.1 Å². The molecule has 2 heterocycles. The Bertz CT molecular complexity index is 701. The molecule has 0 aliphatic carbocycles. The predicted molar refractivity (Wildman–Crippen MR) is 93.2 cm³/mol. The molecule has 1 unspecified atom stereocenters. The van der Waals surface area contributed by atoms with Crippen molar-refractivity contribution < 1.29 is 19.1 Å². The van der Waals surface area contributed by atoms with E-state index in [0.717, 1.165) is 29.7 Å². The number of rotatable bonds is 4. The highest BCUT2D eigenvalue weighted by Gasteiger charge is 2.30. The van der Waals surface area contributed by atoms with Crippen LogP contribution in [0.2, 0.25) is 0 Å². The summed E-state index contributed by atoms with van der Waals surface area (Å²) in [4.78, 5) is 39.7. The molecule has 0 radical (unpaired) electrons. The average Bonchev–Trinajstić information content (AvgIpc) is 2.89. The Morgan fingerprint density at radius 2 is 2.12 bits per heavy atom. The summed E-state index contributed by atoms with van der Waals surface area (Å²) in [6.07, 6.45) is 2.28. The monoisotopic (exact) mass is 344 g/mol. The van der Waals surface area contributed by atoms with Crippen LogP contribution in [0.4, 0.5) is 5.69 Å². The van der Waals surface area contributed by atoms with E-state index < -0.39 is 0 Å². The second-order valence-corrected chi connectivity index (χ2v) is 6.70. The number of anilines is 1. The molecule has 6 nitrogen and oxygen atoms in total. The second-order valence-electron chi connectivity index (χ2n) is 6.70. The Balaban J connectivity index is 1.64. The maximum absolute atomic E-state index is 12.6. The van der Waals surface area contributed by atoms with Crippen molar-refractivity contribution in [3.8, 4) is 0 Å². The van der Waals surface area contributed by atoms with Gasteiger partial charge in [-0.05, 0) is 37.0 Å². The van der Waals surface area contributed by atoms with E-state index in [4.69, 9.17) is 4.74 Å². The van der Waals surface area contributed by atoms with Gasteiger partial charge in [-0.15, -0.1) is 0 Å². The third-order valence-corrected chi connectivity index (χ3v) is 4.97. The number of carbonyl (C=O) groups is 3. The number of esters is 1. The molecular weight excluding hydrogens is 320 g/mol. The number of piperidine rings is 1. The zero-order valence-electron chi connectivity index (χ0n) is 14.8. The summed E-state index contributed by atoms with van der Waals surface area (Å²) in [5, 5.41) is 0. The van der Waals surface area contributed by atoms with Crippen molar-refractivity contribution in [2.24, 2.45) is 5.92 Å². The fourth-order valence-electron chi connectivity index (χ4n) is 3.58. The van der Waals surface area contributed by atoms with E-state index in [1.807, 2.05) is 18.2 Å². The van der Waals surface area contributed by atoms with E-state index in [-0.39, 0.29) is 23.7 Å². The van der Waals surface area contributed by atoms with Gasteiger partial charge in [0, 0.05) is 25.8 Å². The summed E-state index contributed by atoms with van der Waals surface area (Å²) in [7, 11) is 1.77. The molecular formula is C19H24N2O4. The van der Waals surface area contributed by atoms with Gasteiger partial charge in [0.25, 0.3) is 0 Å². The molecule has 1 saturated heterocycles. The summed E-state index contributed by atoms with van der Waals surface area (Å²) in [5.74, 6) is -0.332. The van der Waals surface area contributed by atoms with E-state index >= 15 is 0 Å². The minimum atomic E-state index is -0.219. The van der Waals surface area contributed by atoms with Gasteiger partial charge in [0.2, 0.25) is 11.8 Å². The quantitative estimate of drug-likeness (QED) is 0.777. The first-order valence-electron chi connectivity index (χ1n) is 8.82. The van der Waals surface area contributed by atoms with E-state index in [1.165, 1.54) is 0 Å². The van der Waals surface area contributed by atoms with Crippen LogP contribution in [0.25, 0.3) is 0 Å². The minimum absolute atomic E-state index is 0.0200. The molecule has 2 aliphatic rings. The SMILES string of the molecule is CCOC(=O)C1CCCN(C(=O)Cc2ccc3c(c2)CC(=O)N3C)C1. The van der Waals surface area contributed by atoms with Gasteiger partial charge < -0.3 is 14.5 Å². The number of hydrogen-bond donors (Lipinski definition) is 0. The van der Waals surface area contributed by atoms with Crippen molar-refractivity contribution in [2.75, 3.05) is 31.6 Å². The lowest BCUT2D eigenvalue weighted by atomic mass is 9.97. The standard InChI is InChI=1S/C19H24N2O4/c1-3-25-19(24)14-5-4-8-21(12-14)18(23)10-13-6-7-16-15(9-13)11-17(22)20(16)2/h6-7,9,14H,3-5,8,10-12H2,1-2H3.